The van der Waals surface area contributed by atoms with Crippen LogP contribution in [0.25, 0.3) is 0 Å². The number of methoxy groups -OCH3 is 1. The lowest BCUT2D eigenvalue weighted by molar-refractivity contribution is 0.0717. The fourth-order valence-corrected chi connectivity index (χ4v) is 2.87. The second-order valence-electron chi connectivity index (χ2n) is 6.00. The van der Waals surface area contributed by atoms with Gasteiger partial charge in [0.1, 0.15) is 5.75 Å². The highest BCUT2D eigenvalue weighted by Crippen LogP contribution is 2.32. The standard InChI is InChI=1S/C16H24N2O3/c1-11-6-8-16(10-19,9-7-11)18-15(20)12-4-3-5-13(21-2)14(12)17/h3-5,11,19H,6-10,17H2,1-2H3,(H,18,20). The van der Waals surface area contributed by atoms with Gasteiger partial charge in [-0.15, -0.1) is 0 Å². The molecule has 1 saturated carbocycles. The van der Waals surface area contributed by atoms with Crippen molar-refractivity contribution in [1.82, 2.24) is 5.32 Å². The van der Waals surface area contributed by atoms with Crippen molar-refractivity contribution in [2.24, 2.45) is 5.92 Å². The Kier molecular flexibility index (Phi) is 4.73. The summed E-state index contributed by atoms with van der Waals surface area (Å²) >= 11 is 0. The number of nitrogen functional groups attached to an aromatic ring is 1. The van der Waals surface area contributed by atoms with Gasteiger partial charge in [-0.25, -0.2) is 0 Å². The molecule has 5 nitrogen and oxygen atoms in total. The fourth-order valence-electron chi connectivity index (χ4n) is 2.87. The molecule has 1 amide bonds. The molecule has 0 bridgehead atoms. The first kappa shape index (κ1) is 15.6. The minimum absolute atomic E-state index is 0.0463. The van der Waals surface area contributed by atoms with Gasteiger partial charge in [-0.2, -0.15) is 0 Å². The third-order valence-corrected chi connectivity index (χ3v) is 4.44. The van der Waals surface area contributed by atoms with Crippen LogP contribution in [0.2, 0.25) is 0 Å². The number of carbonyl (C=O) groups is 1. The van der Waals surface area contributed by atoms with Crippen LogP contribution in [0.1, 0.15) is 43.0 Å². The molecule has 1 aromatic rings. The van der Waals surface area contributed by atoms with Crippen molar-refractivity contribution >= 4 is 11.6 Å². The van der Waals surface area contributed by atoms with E-state index in [1.165, 1.54) is 7.11 Å². The summed E-state index contributed by atoms with van der Waals surface area (Å²) in [6.07, 6.45) is 3.60. The molecule has 0 aromatic heterocycles. The third kappa shape index (κ3) is 3.29. The van der Waals surface area contributed by atoms with Crippen LogP contribution in [-0.4, -0.2) is 30.3 Å². The summed E-state index contributed by atoms with van der Waals surface area (Å²) in [5, 5.41) is 12.7. The lowest BCUT2D eigenvalue weighted by Crippen LogP contribution is -2.53. The first-order chi connectivity index (χ1) is 10.0. The Labute approximate surface area is 125 Å². The lowest BCUT2D eigenvalue weighted by atomic mass is 9.77. The largest absolute Gasteiger partial charge is 0.495 e. The Morgan fingerprint density at radius 1 is 1.48 bits per heavy atom. The normalized spacial score (nSPS) is 25.4. The lowest BCUT2D eigenvalue weighted by Gasteiger charge is -2.38. The zero-order valence-corrected chi connectivity index (χ0v) is 12.7. The molecule has 1 aliphatic carbocycles. The van der Waals surface area contributed by atoms with Gasteiger partial charge in [-0.1, -0.05) is 13.0 Å². The average Bonchev–Trinajstić information content (AvgIpc) is 2.50. The Morgan fingerprint density at radius 3 is 2.71 bits per heavy atom. The summed E-state index contributed by atoms with van der Waals surface area (Å²) in [6, 6.07) is 5.12. The Bertz CT molecular complexity index is 508. The second kappa shape index (κ2) is 6.35. The smallest absolute Gasteiger partial charge is 0.254 e. The molecule has 0 atom stereocenters. The van der Waals surface area contributed by atoms with Gasteiger partial charge in [-0.3, -0.25) is 4.79 Å². The van der Waals surface area contributed by atoms with E-state index in [1.807, 2.05) is 0 Å². The summed E-state index contributed by atoms with van der Waals surface area (Å²) < 4.78 is 5.14. The van der Waals surface area contributed by atoms with Gasteiger partial charge in [0, 0.05) is 0 Å². The van der Waals surface area contributed by atoms with E-state index in [1.54, 1.807) is 18.2 Å². The van der Waals surface area contributed by atoms with Crippen molar-refractivity contribution in [3.8, 4) is 5.75 Å². The van der Waals surface area contributed by atoms with E-state index >= 15 is 0 Å². The van der Waals surface area contributed by atoms with Crippen molar-refractivity contribution in [3.63, 3.8) is 0 Å². The number of hydrogen-bond acceptors (Lipinski definition) is 4. The molecule has 0 radical (unpaired) electrons. The number of amides is 1. The summed E-state index contributed by atoms with van der Waals surface area (Å²) in [4.78, 5) is 12.5. The minimum Gasteiger partial charge on any atom is -0.495 e. The number of ether oxygens (including phenoxy) is 1. The van der Waals surface area contributed by atoms with Crippen molar-refractivity contribution in [2.75, 3.05) is 19.5 Å². The van der Waals surface area contributed by atoms with Gasteiger partial charge in [0.05, 0.1) is 30.5 Å². The number of aliphatic hydroxyl groups is 1. The molecule has 5 heteroatoms. The van der Waals surface area contributed by atoms with Crippen LogP contribution in [0.5, 0.6) is 5.75 Å². The van der Waals surface area contributed by atoms with Gasteiger partial charge in [-0.05, 0) is 43.7 Å². The highest BCUT2D eigenvalue weighted by molar-refractivity contribution is 6.00. The van der Waals surface area contributed by atoms with E-state index in [0.29, 0.717) is 22.9 Å². The molecule has 0 spiro atoms. The first-order valence-electron chi connectivity index (χ1n) is 7.37. The molecular formula is C16H24N2O3. The molecule has 1 aliphatic rings. The van der Waals surface area contributed by atoms with Crippen molar-refractivity contribution in [3.05, 3.63) is 23.8 Å². The summed E-state index contributed by atoms with van der Waals surface area (Å²) in [5.74, 6) is 0.872. The zero-order valence-electron chi connectivity index (χ0n) is 12.7. The van der Waals surface area contributed by atoms with Gasteiger partial charge in [0.25, 0.3) is 5.91 Å². The van der Waals surface area contributed by atoms with Crippen LogP contribution in [-0.2, 0) is 0 Å². The maximum Gasteiger partial charge on any atom is 0.254 e. The number of benzene rings is 1. The highest BCUT2D eigenvalue weighted by Gasteiger charge is 2.35. The molecule has 0 saturated heterocycles. The maximum absolute atomic E-state index is 12.5. The molecular weight excluding hydrogens is 268 g/mol. The van der Waals surface area contributed by atoms with E-state index in [4.69, 9.17) is 10.5 Å². The summed E-state index contributed by atoms with van der Waals surface area (Å²) in [6.45, 7) is 2.15. The van der Waals surface area contributed by atoms with Gasteiger partial charge < -0.3 is 20.9 Å². The summed E-state index contributed by atoms with van der Waals surface area (Å²) in [5.41, 5.74) is 6.15. The molecule has 2 rings (SSSR count). The van der Waals surface area contributed by atoms with Crippen LogP contribution in [0, 0.1) is 5.92 Å². The molecule has 116 valence electrons. The second-order valence-corrected chi connectivity index (χ2v) is 6.00. The minimum atomic E-state index is -0.529. The van der Waals surface area contributed by atoms with Crippen LogP contribution >= 0.6 is 0 Å². The molecule has 0 unspecified atom stereocenters. The predicted octanol–water partition coefficient (Wildman–Crippen LogP) is 1.95. The fraction of sp³-hybridized carbons (Fsp3) is 0.562. The third-order valence-electron chi connectivity index (χ3n) is 4.44. The topological polar surface area (TPSA) is 84.6 Å². The van der Waals surface area contributed by atoms with Crippen molar-refractivity contribution in [1.29, 1.82) is 0 Å². The molecule has 21 heavy (non-hydrogen) atoms. The van der Waals surface area contributed by atoms with Crippen LogP contribution in [0.3, 0.4) is 0 Å². The maximum atomic E-state index is 12.5. The van der Waals surface area contributed by atoms with Crippen LogP contribution in [0.4, 0.5) is 5.69 Å². The molecule has 4 N–H and O–H groups in total. The molecule has 1 aromatic carbocycles. The van der Waals surface area contributed by atoms with Gasteiger partial charge >= 0.3 is 0 Å². The monoisotopic (exact) mass is 292 g/mol. The van der Waals surface area contributed by atoms with E-state index < -0.39 is 5.54 Å². The molecule has 0 heterocycles. The zero-order chi connectivity index (χ0) is 15.5. The van der Waals surface area contributed by atoms with Crippen molar-refractivity contribution < 1.29 is 14.6 Å². The Morgan fingerprint density at radius 2 is 2.14 bits per heavy atom. The first-order valence-corrected chi connectivity index (χ1v) is 7.37. The molecule has 1 fully saturated rings. The highest BCUT2D eigenvalue weighted by atomic mass is 16.5. The predicted molar refractivity (Wildman–Crippen MR) is 82.3 cm³/mol. The number of carbonyl (C=O) groups excluding carboxylic acids is 1. The average molecular weight is 292 g/mol. The summed E-state index contributed by atoms with van der Waals surface area (Å²) in [7, 11) is 1.52. The van der Waals surface area contributed by atoms with Crippen LogP contribution < -0.4 is 15.8 Å². The van der Waals surface area contributed by atoms with E-state index in [9.17, 15) is 9.90 Å². The van der Waals surface area contributed by atoms with E-state index in [2.05, 4.69) is 12.2 Å². The number of rotatable bonds is 4. The number of nitrogens with two attached hydrogens (primary N) is 1. The van der Waals surface area contributed by atoms with Gasteiger partial charge in [0.2, 0.25) is 0 Å². The van der Waals surface area contributed by atoms with Crippen molar-refractivity contribution in [2.45, 2.75) is 38.1 Å². The number of aliphatic hydroxyl groups excluding tert-OH is 1. The number of anilines is 1. The van der Waals surface area contributed by atoms with Crippen LogP contribution in [0.15, 0.2) is 18.2 Å². The van der Waals surface area contributed by atoms with E-state index in [0.717, 1.165) is 25.7 Å². The number of nitrogens with one attached hydrogen (secondary N) is 1. The SMILES string of the molecule is COc1cccc(C(=O)NC2(CO)CCC(C)CC2)c1N. The van der Waals surface area contributed by atoms with E-state index in [-0.39, 0.29) is 12.5 Å². The number of para-hydroxylation sites is 1. The number of hydrogen-bond donors (Lipinski definition) is 3. The molecule has 0 aliphatic heterocycles. The Hall–Kier alpha value is -1.75. The quantitative estimate of drug-likeness (QED) is 0.741. The Balaban J connectivity index is 2.17. The van der Waals surface area contributed by atoms with Gasteiger partial charge in [0.15, 0.2) is 0 Å².